The van der Waals surface area contributed by atoms with Crippen LogP contribution in [0.3, 0.4) is 0 Å². The van der Waals surface area contributed by atoms with E-state index in [0.717, 1.165) is 45.0 Å². The van der Waals surface area contributed by atoms with E-state index in [2.05, 4.69) is 182 Å². The predicted molar refractivity (Wildman–Crippen MR) is 241 cm³/mol. The molecule has 1 aliphatic carbocycles. The number of hydrogen-bond acceptors (Lipinski definition) is 4. The van der Waals surface area contributed by atoms with E-state index in [4.69, 9.17) is 19.7 Å². The topological polar surface area (TPSA) is 52.8 Å². The van der Waals surface area contributed by atoms with Crippen molar-refractivity contribution in [2.45, 2.75) is 24.7 Å². The lowest BCUT2D eigenvalue weighted by Gasteiger charge is -2.50. The Morgan fingerprint density at radius 1 is 0.400 bits per heavy atom. The average Bonchev–Trinajstić information content (AvgIpc) is 3.65. The summed E-state index contributed by atoms with van der Waals surface area (Å²) in [4.78, 5) is 15.6. The smallest absolute Gasteiger partial charge is 0.167 e. The third kappa shape index (κ3) is 4.83. The lowest BCUT2D eigenvalue weighted by atomic mass is 9.53. The maximum Gasteiger partial charge on any atom is 0.167 e. The second-order valence-corrected chi connectivity index (χ2v) is 16.3. The summed E-state index contributed by atoms with van der Waals surface area (Å²) >= 11 is 0. The molecule has 0 amide bonds. The lowest BCUT2D eigenvalue weighted by molar-refractivity contribution is 0.426. The Morgan fingerprint density at radius 3 is 1.52 bits per heavy atom. The minimum absolute atomic E-state index is 0.214. The minimum atomic E-state index is -0.649. The summed E-state index contributed by atoms with van der Waals surface area (Å²) in [7, 11) is 0. The zero-order chi connectivity index (χ0) is 40.0. The highest BCUT2D eigenvalue weighted by molar-refractivity contribution is 6.09. The van der Waals surface area contributed by atoms with Crippen molar-refractivity contribution in [1.29, 1.82) is 0 Å². The van der Waals surface area contributed by atoms with Gasteiger partial charge in [-0.3, -0.25) is 0 Å². The number of fused-ring (bicyclic) bond motifs is 11. The third-order valence-electron chi connectivity index (χ3n) is 12.8. The largest absolute Gasteiger partial charge is 0.456 e. The van der Waals surface area contributed by atoms with Gasteiger partial charge in [0.2, 0.25) is 0 Å². The molecule has 5 heteroatoms. The maximum absolute atomic E-state index is 7.09. The van der Waals surface area contributed by atoms with Crippen LogP contribution >= 0.6 is 0 Å². The number of para-hydroxylation sites is 4. The van der Waals surface area contributed by atoms with Crippen LogP contribution in [-0.2, 0) is 10.8 Å². The van der Waals surface area contributed by atoms with Crippen molar-refractivity contribution in [1.82, 2.24) is 19.5 Å². The summed E-state index contributed by atoms with van der Waals surface area (Å²) in [5.41, 5.74) is 12.5. The number of hydrogen-bond donors (Lipinski definition) is 0. The zero-order valence-corrected chi connectivity index (χ0v) is 33.2. The van der Waals surface area contributed by atoms with Gasteiger partial charge in [-0.2, -0.15) is 0 Å². The summed E-state index contributed by atoms with van der Waals surface area (Å²) < 4.78 is 9.41. The molecule has 284 valence electrons. The molecule has 0 unspecified atom stereocenters. The summed E-state index contributed by atoms with van der Waals surface area (Å²) in [5, 5.41) is 2.46. The molecule has 60 heavy (non-hydrogen) atoms. The van der Waals surface area contributed by atoms with Gasteiger partial charge in [0, 0.05) is 44.1 Å². The normalized spacial score (nSPS) is 14.2. The van der Waals surface area contributed by atoms with Crippen molar-refractivity contribution in [2.75, 3.05) is 0 Å². The van der Waals surface area contributed by atoms with Gasteiger partial charge in [-0.15, -0.1) is 0 Å². The van der Waals surface area contributed by atoms with Crippen molar-refractivity contribution in [2.24, 2.45) is 0 Å². The van der Waals surface area contributed by atoms with Crippen LogP contribution in [0.5, 0.6) is 11.5 Å². The van der Waals surface area contributed by atoms with Gasteiger partial charge in [0.1, 0.15) is 11.5 Å². The van der Waals surface area contributed by atoms with E-state index < -0.39 is 5.41 Å². The molecule has 2 aromatic heterocycles. The molecule has 0 N–H and O–H groups in total. The first-order valence-corrected chi connectivity index (χ1v) is 20.5. The van der Waals surface area contributed by atoms with Crippen LogP contribution in [0.25, 0.3) is 61.7 Å². The maximum atomic E-state index is 7.09. The minimum Gasteiger partial charge on any atom is -0.456 e. The van der Waals surface area contributed by atoms with E-state index in [1.807, 2.05) is 30.3 Å². The van der Waals surface area contributed by atoms with Crippen molar-refractivity contribution in [3.05, 3.63) is 228 Å². The standard InChI is InChI=1S/C55H38N4O/c1-54(2)41-22-8-10-24-43(41)55(44-25-11-9-23-42(44)54)45-26-12-15-30-49(45)60-50-40(21-16-27-46(50)55)53-57-51(35-17-4-3-5-18-35)56-52(58-53)36-31-33-37(34-32-36)59-47-28-13-6-19-38(47)39-20-7-14-29-48(39)59/h3-34H,1-2H3. The Hall–Kier alpha value is -7.63. The van der Waals surface area contributed by atoms with Crippen LogP contribution < -0.4 is 4.74 Å². The van der Waals surface area contributed by atoms with E-state index >= 15 is 0 Å². The van der Waals surface area contributed by atoms with Crippen LogP contribution in [0.2, 0.25) is 0 Å². The van der Waals surface area contributed by atoms with Crippen molar-refractivity contribution in [3.8, 4) is 51.3 Å². The molecule has 2 aliphatic rings. The fraction of sp³-hybridized carbons (Fsp3) is 0.0727. The third-order valence-corrected chi connectivity index (χ3v) is 12.8. The highest BCUT2D eigenvalue weighted by Gasteiger charge is 2.53. The van der Waals surface area contributed by atoms with Crippen LogP contribution in [0.15, 0.2) is 194 Å². The highest BCUT2D eigenvalue weighted by Crippen LogP contribution is 2.62. The number of nitrogens with zero attached hydrogens (tertiary/aromatic N) is 4. The molecule has 0 saturated heterocycles. The number of aromatic nitrogens is 4. The molecule has 0 radical (unpaired) electrons. The molecule has 1 aliphatic heterocycles. The Balaban J connectivity index is 1.07. The van der Waals surface area contributed by atoms with Crippen molar-refractivity contribution >= 4 is 21.8 Å². The lowest BCUT2D eigenvalue weighted by Crippen LogP contribution is -2.43. The molecule has 3 heterocycles. The Kier molecular flexibility index (Phi) is 7.42. The molecular formula is C55H38N4O. The van der Waals surface area contributed by atoms with Gasteiger partial charge >= 0.3 is 0 Å². The summed E-state index contributed by atoms with van der Waals surface area (Å²) in [5.74, 6) is 3.31. The number of rotatable bonds is 4. The predicted octanol–water partition coefficient (Wildman–Crippen LogP) is 13.1. The second kappa shape index (κ2) is 12.9. The molecule has 1 spiro atoms. The quantitative estimate of drug-likeness (QED) is 0.179. The Morgan fingerprint density at radius 2 is 0.883 bits per heavy atom. The van der Waals surface area contributed by atoms with Gasteiger partial charge in [0.05, 0.1) is 22.0 Å². The van der Waals surface area contributed by atoms with E-state index in [1.165, 1.54) is 44.1 Å². The summed E-state index contributed by atoms with van der Waals surface area (Å²) in [6.45, 7) is 4.68. The van der Waals surface area contributed by atoms with E-state index in [-0.39, 0.29) is 5.41 Å². The fourth-order valence-corrected chi connectivity index (χ4v) is 10.1. The molecule has 5 nitrogen and oxygen atoms in total. The highest BCUT2D eigenvalue weighted by atomic mass is 16.5. The Bertz CT molecular complexity index is 3220. The van der Waals surface area contributed by atoms with Gasteiger partial charge in [0.15, 0.2) is 17.5 Å². The monoisotopic (exact) mass is 770 g/mol. The van der Waals surface area contributed by atoms with Crippen molar-refractivity contribution in [3.63, 3.8) is 0 Å². The molecule has 0 saturated carbocycles. The van der Waals surface area contributed by atoms with Crippen LogP contribution in [-0.4, -0.2) is 19.5 Å². The molecule has 0 bridgehead atoms. The summed E-state index contributed by atoms with van der Waals surface area (Å²) in [6, 6.07) is 68.7. The SMILES string of the molecule is CC1(C)c2ccccc2C2(c3ccccc3Oc3c(-c4nc(-c5ccccc5)nc(-c5ccc(-n6c7ccccc7c7ccccc76)cc5)n4)cccc32)c2ccccc21. The fourth-order valence-electron chi connectivity index (χ4n) is 10.1. The van der Waals surface area contributed by atoms with E-state index in [0.29, 0.717) is 17.5 Å². The van der Waals surface area contributed by atoms with Crippen molar-refractivity contribution < 1.29 is 4.74 Å². The number of benzene rings is 8. The van der Waals surface area contributed by atoms with Crippen LogP contribution in [0, 0.1) is 0 Å². The molecule has 0 atom stereocenters. The molecule has 12 rings (SSSR count). The van der Waals surface area contributed by atoms with E-state index in [9.17, 15) is 0 Å². The van der Waals surface area contributed by atoms with Crippen LogP contribution in [0.4, 0.5) is 0 Å². The first-order chi connectivity index (χ1) is 29.5. The van der Waals surface area contributed by atoms with Gasteiger partial charge < -0.3 is 9.30 Å². The average molecular weight is 771 g/mol. The van der Waals surface area contributed by atoms with E-state index in [1.54, 1.807) is 0 Å². The molecule has 8 aromatic carbocycles. The zero-order valence-electron chi connectivity index (χ0n) is 33.2. The van der Waals surface area contributed by atoms with Gasteiger partial charge in [0.25, 0.3) is 0 Å². The second-order valence-electron chi connectivity index (χ2n) is 16.3. The molecule has 0 fully saturated rings. The van der Waals surface area contributed by atoms with Crippen LogP contribution in [0.1, 0.15) is 47.2 Å². The van der Waals surface area contributed by atoms with Gasteiger partial charge in [-0.25, -0.2) is 15.0 Å². The Labute approximate surface area is 348 Å². The molecular weight excluding hydrogens is 733 g/mol. The van der Waals surface area contributed by atoms with Gasteiger partial charge in [-0.1, -0.05) is 159 Å². The molecule has 10 aromatic rings. The summed E-state index contributed by atoms with van der Waals surface area (Å²) in [6.07, 6.45) is 0. The number of ether oxygens (including phenoxy) is 1. The first kappa shape index (κ1) is 34.4. The van der Waals surface area contributed by atoms with Gasteiger partial charge in [-0.05, 0) is 70.8 Å². The first-order valence-electron chi connectivity index (χ1n) is 20.5.